The number of hydrogen-bond donors (Lipinski definition) is 0. The van der Waals surface area contributed by atoms with Gasteiger partial charge in [0.25, 0.3) is 0 Å². The SMILES string of the molecule is CCS(=O)(=O)C1CN(C(=O)C2(c3ccccc3)CCOCC2)C1. The number of nitrogens with zero attached hydrogens (tertiary/aromatic N) is 1. The maximum Gasteiger partial charge on any atom is 0.233 e. The van der Waals surface area contributed by atoms with Crippen LogP contribution in [0, 0.1) is 0 Å². The minimum Gasteiger partial charge on any atom is -0.381 e. The Balaban J connectivity index is 1.81. The van der Waals surface area contributed by atoms with Crippen molar-refractivity contribution in [2.75, 3.05) is 32.1 Å². The van der Waals surface area contributed by atoms with Crippen LogP contribution < -0.4 is 0 Å². The molecule has 0 radical (unpaired) electrons. The summed E-state index contributed by atoms with van der Waals surface area (Å²) >= 11 is 0. The predicted octanol–water partition coefficient (Wildman–Crippen LogP) is 1.38. The molecule has 5 nitrogen and oxygen atoms in total. The van der Waals surface area contributed by atoms with Gasteiger partial charge in [0.1, 0.15) is 0 Å². The van der Waals surface area contributed by atoms with E-state index in [-0.39, 0.29) is 11.7 Å². The molecule has 0 spiro atoms. The van der Waals surface area contributed by atoms with Gasteiger partial charge in [0, 0.05) is 32.1 Å². The third-order valence-electron chi connectivity index (χ3n) is 5.13. The molecule has 0 bridgehead atoms. The van der Waals surface area contributed by atoms with Crippen LogP contribution >= 0.6 is 0 Å². The number of carbonyl (C=O) groups is 1. The fraction of sp³-hybridized carbons (Fsp3) is 0.588. The van der Waals surface area contributed by atoms with Gasteiger partial charge in [-0.05, 0) is 18.4 Å². The van der Waals surface area contributed by atoms with Crippen LogP contribution in [0.1, 0.15) is 25.3 Å². The Bertz CT molecular complexity index is 659. The average molecular weight is 337 g/mol. The molecule has 0 atom stereocenters. The number of likely N-dealkylation sites (tertiary alicyclic amines) is 1. The minimum atomic E-state index is -3.06. The molecule has 1 aromatic rings. The lowest BCUT2D eigenvalue weighted by molar-refractivity contribution is -0.144. The third-order valence-corrected chi connectivity index (χ3v) is 7.25. The van der Waals surface area contributed by atoms with Gasteiger partial charge in [-0.1, -0.05) is 37.3 Å². The van der Waals surface area contributed by atoms with E-state index in [9.17, 15) is 13.2 Å². The van der Waals surface area contributed by atoms with Crippen molar-refractivity contribution in [2.24, 2.45) is 0 Å². The van der Waals surface area contributed by atoms with Crippen LogP contribution in [0.15, 0.2) is 30.3 Å². The number of hydrogen-bond acceptors (Lipinski definition) is 4. The molecule has 2 aliphatic rings. The highest BCUT2D eigenvalue weighted by Crippen LogP contribution is 2.38. The van der Waals surface area contributed by atoms with Crippen molar-refractivity contribution < 1.29 is 17.9 Å². The molecule has 0 unspecified atom stereocenters. The summed E-state index contributed by atoms with van der Waals surface area (Å²) in [5.74, 6) is 0.187. The summed E-state index contributed by atoms with van der Waals surface area (Å²) in [6.07, 6.45) is 1.30. The van der Waals surface area contributed by atoms with Crippen molar-refractivity contribution in [1.82, 2.24) is 4.90 Å². The van der Waals surface area contributed by atoms with E-state index in [2.05, 4.69) is 0 Å². The Hall–Kier alpha value is -1.40. The monoisotopic (exact) mass is 337 g/mol. The first kappa shape index (κ1) is 16.5. The Morgan fingerprint density at radius 2 is 1.83 bits per heavy atom. The van der Waals surface area contributed by atoms with E-state index in [0.29, 0.717) is 39.1 Å². The Kier molecular flexibility index (Phi) is 4.47. The van der Waals surface area contributed by atoms with Crippen LogP contribution in [0.5, 0.6) is 0 Å². The van der Waals surface area contributed by atoms with E-state index in [4.69, 9.17) is 4.74 Å². The first-order valence-corrected chi connectivity index (χ1v) is 9.85. The number of amides is 1. The molecule has 2 saturated heterocycles. The van der Waals surface area contributed by atoms with Crippen molar-refractivity contribution in [2.45, 2.75) is 30.4 Å². The first-order valence-electron chi connectivity index (χ1n) is 8.14. The van der Waals surface area contributed by atoms with Gasteiger partial charge < -0.3 is 9.64 Å². The molecular weight excluding hydrogens is 314 g/mol. The van der Waals surface area contributed by atoms with Gasteiger partial charge in [-0.25, -0.2) is 8.42 Å². The van der Waals surface area contributed by atoms with Gasteiger partial charge in [-0.2, -0.15) is 0 Å². The molecule has 2 aliphatic heterocycles. The second-order valence-corrected chi connectivity index (χ2v) is 8.91. The van der Waals surface area contributed by atoms with Gasteiger partial charge >= 0.3 is 0 Å². The molecule has 0 N–H and O–H groups in total. The molecule has 3 rings (SSSR count). The van der Waals surface area contributed by atoms with Crippen molar-refractivity contribution in [3.8, 4) is 0 Å². The van der Waals surface area contributed by atoms with E-state index < -0.39 is 20.5 Å². The molecule has 0 aromatic heterocycles. The summed E-state index contributed by atoms with van der Waals surface area (Å²) in [7, 11) is -3.06. The van der Waals surface area contributed by atoms with Crippen LogP contribution in [0.3, 0.4) is 0 Å². The Labute approximate surface area is 137 Å². The summed E-state index contributed by atoms with van der Waals surface area (Å²) in [6, 6.07) is 9.81. The highest BCUT2D eigenvalue weighted by molar-refractivity contribution is 7.92. The molecule has 2 heterocycles. The average Bonchev–Trinajstić information content (AvgIpc) is 2.54. The van der Waals surface area contributed by atoms with E-state index in [1.807, 2.05) is 30.3 Å². The number of rotatable bonds is 4. The first-order chi connectivity index (χ1) is 11.0. The molecule has 1 amide bonds. The minimum absolute atomic E-state index is 0.0505. The molecule has 0 aliphatic carbocycles. The molecule has 23 heavy (non-hydrogen) atoms. The number of benzene rings is 1. The molecule has 6 heteroatoms. The third kappa shape index (κ3) is 2.90. The second kappa shape index (κ2) is 6.24. The van der Waals surface area contributed by atoms with Gasteiger partial charge in [0.05, 0.1) is 10.7 Å². The fourth-order valence-corrected chi connectivity index (χ4v) is 4.76. The van der Waals surface area contributed by atoms with Crippen LogP contribution in [0.4, 0.5) is 0 Å². The highest BCUT2D eigenvalue weighted by atomic mass is 32.2. The van der Waals surface area contributed by atoms with Gasteiger partial charge in [-0.15, -0.1) is 0 Å². The molecule has 0 saturated carbocycles. The fourth-order valence-electron chi connectivity index (χ4n) is 3.47. The second-order valence-electron chi connectivity index (χ2n) is 6.34. The van der Waals surface area contributed by atoms with E-state index in [1.54, 1.807) is 11.8 Å². The molecule has 2 fully saturated rings. The largest absolute Gasteiger partial charge is 0.381 e. The lowest BCUT2D eigenvalue weighted by atomic mass is 9.72. The molecule has 126 valence electrons. The summed E-state index contributed by atoms with van der Waals surface area (Å²) in [5, 5.41) is -0.399. The standard InChI is InChI=1S/C17H23NO4S/c1-2-23(20,21)15-12-18(13-15)16(19)17(8-10-22-11-9-17)14-6-4-3-5-7-14/h3-7,15H,2,8-13H2,1H3. The maximum atomic E-state index is 13.1. The Morgan fingerprint density at radius 1 is 1.22 bits per heavy atom. The summed E-state index contributed by atoms with van der Waals surface area (Å²) in [4.78, 5) is 14.8. The normalized spacial score (nSPS) is 21.7. The smallest absolute Gasteiger partial charge is 0.233 e. The zero-order chi connectivity index (χ0) is 16.5. The zero-order valence-corrected chi connectivity index (χ0v) is 14.2. The lowest BCUT2D eigenvalue weighted by Crippen LogP contribution is -2.62. The number of carbonyl (C=O) groups excluding carboxylic acids is 1. The summed E-state index contributed by atoms with van der Waals surface area (Å²) < 4.78 is 29.3. The van der Waals surface area contributed by atoms with Gasteiger partial charge in [0.15, 0.2) is 9.84 Å². The quantitative estimate of drug-likeness (QED) is 0.833. The van der Waals surface area contributed by atoms with Crippen molar-refractivity contribution in [3.05, 3.63) is 35.9 Å². The van der Waals surface area contributed by atoms with Crippen LogP contribution in [0.25, 0.3) is 0 Å². The summed E-state index contributed by atoms with van der Waals surface area (Å²) in [6.45, 7) is 3.43. The Morgan fingerprint density at radius 3 is 2.39 bits per heavy atom. The molecule has 1 aromatic carbocycles. The number of sulfone groups is 1. The highest BCUT2D eigenvalue weighted by Gasteiger charge is 2.48. The van der Waals surface area contributed by atoms with Gasteiger partial charge in [0.2, 0.25) is 5.91 Å². The van der Waals surface area contributed by atoms with Crippen LogP contribution in [-0.4, -0.2) is 56.5 Å². The van der Waals surface area contributed by atoms with E-state index >= 15 is 0 Å². The van der Waals surface area contributed by atoms with Crippen LogP contribution in [0.2, 0.25) is 0 Å². The van der Waals surface area contributed by atoms with Crippen LogP contribution in [-0.2, 0) is 24.8 Å². The van der Waals surface area contributed by atoms with Gasteiger partial charge in [-0.3, -0.25) is 4.79 Å². The van der Waals surface area contributed by atoms with E-state index in [0.717, 1.165) is 5.56 Å². The zero-order valence-electron chi connectivity index (χ0n) is 13.4. The van der Waals surface area contributed by atoms with Crippen molar-refractivity contribution in [1.29, 1.82) is 0 Å². The lowest BCUT2D eigenvalue weighted by Gasteiger charge is -2.46. The maximum absolute atomic E-state index is 13.1. The van der Waals surface area contributed by atoms with Crippen molar-refractivity contribution in [3.63, 3.8) is 0 Å². The molecular formula is C17H23NO4S. The number of ether oxygens (including phenoxy) is 1. The topological polar surface area (TPSA) is 63.7 Å². The van der Waals surface area contributed by atoms with E-state index in [1.165, 1.54) is 0 Å². The summed E-state index contributed by atoms with van der Waals surface area (Å²) in [5.41, 5.74) is 0.440. The van der Waals surface area contributed by atoms with Crippen molar-refractivity contribution >= 4 is 15.7 Å². The predicted molar refractivity (Wildman–Crippen MR) is 88.0 cm³/mol.